The highest BCUT2D eigenvalue weighted by atomic mass is 35.5. The van der Waals surface area contributed by atoms with Crippen molar-refractivity contribution in [1.29, 1.82) is 0 Å². The van der Waals surface area contributed by atoms with E-state index in [0.29, 0.717) is 18.8 Å². The van der Waals surface area contributed by atoms with Gasteiger partial charge in [-0.1, -0.05) is 23.7 Å². The van der Waals surface area contributed by atoms with Crippen molar-refractivity contribution < 1.29 is 4.79 Å². The lowest BCUT2D eigenvalue weighted by Gasteiger charge is -2.27. The van der Waals surface area contributed by atoms with Crippen LogP contribution < -0.4 is 0 Å². The highest BCUT2D eigenvalue weighted by Crippen LogP contribution is 2.32. The highest BCUT2D eigenvalue weighted by Gasteiger charge is 2.29. The number of hydrogen-bond acceptors (Lipinski definition) is 2. The second kappa shape index (κ2) is 5.63. The standard InChI is InChI=1S/C19H19ClN4O/c20-14-6-3-5-11-13-10-24(9-8-15(13)21-17(11)14)19(25)18-12-4-1-2-7-16(12)22-23-18/h3,5-6,21H,1-2,4,7-10H2,(H,22,23). The normalized spacial score (nSPS) is 16.8. The minimum absolute atomic E-state index is 0.0430. The average Bonchev–Trinajstić information content (AvgIpc) is 3.23. The number of carbonyl (C=O) groups excluding carboxylic acids is 1. The maximum atomic E-state index is 13.1. The van der Waals surface area contributed by atoms with Crippen LogP contribution in [-0.4, -0.2) is 32.5 Å². The molecule has 3 aromatic rings. The van der Waals surface area contributed by atoms with Crippen LogP contribution in [0.15, 0.2) is 18.2 Å². The third-order valence-electron chi connectivity index (χ3n) is 5.51. The van der Waals surface area contributed by atoms with Crippen molar-refractivity contribution >= 4 is 28.4 Å². The summed E-state index contributed by atoms with van der Waals surface area (Å²) in [6.45, 7) is 1.31. The van der Waals surface area contributed by atoms with E-state index in [4.69, 9.17) is 11.6 Å². The van der Waals surface area contributed by atoms with E-state index in [-0.39, 0.29) is 5.91 Å². The molecule has 5 rings (SSSR count). The lowest BCUT2D eigenvalue weighted by atomic mass is 9.95. The number of amides is 1. The fourth-order valence-electron chi connectivity index (χ4n) is 4.18. The molecule has 2 N–H and O–H groups in total. The quantitative estimate of drug-likeness (QED) is 0.701. The highest BCUT2D eigenvalue weighted by molar-refractivity contribution is 6.35. The van der Waals surface area contributed by atoms with Gasteiger partial charge in [-0.15, -0.1) is 0 Å². The van der Waals surface area contributed by atoms with Gasteiger partial charge < -0.3 is 9.88 Å². The van der Waals surface area contributed by atoms with Crippen molar-refractivity contribution in [2.75, 3.05) is 6.54 Å². The van der Waals surface area contributed by atoms with Gasteiger partial charge >= 0.3 is 0 Å². The van der Waals surface area contributed by atoms with Gasteiger partial charge in [0.2, 0.25) is 0 Å². The summed E-state index contributed by atoms with van der Waals surface area (Å²) in [5, 5.41) is 9.27. The SMILES string of the molecule is O=C(c1n[nH]c2c1CCCC2)N1CCc2[nH]c3c(Cl)cccc3c2C1. The van der Waals surface area contributed by atoms with Crippen molar-refractivity contribution in [1.82, 2.24) is 20.1 Å². The zero-order chi connectivity index (χ0) is 17.0. The van der Waals surface area contributed by atoms with E-state index in [1.807, 2.05) is 17.0 Å². The van der Waals surface area contributed by atoms with E-state index >= 15 is 0 Å². The molecule has 128 valence electrons. The van der Waals surface area contributed by atoms with Gasteiger partial charge in [-0.25, -0.2) is 0 Å². The van der Waals surface area contributed by atoms with Crippen LogP contribution in [0.2, 0.25) is 5.02 Å². The van der Waals surface area contributed by atoms with Crippen LogP contribution in [0.5, 0.6) is 0 Å². The predicted octanol–water partition coefficient (Wildman–Crippen LogP) is 3.62. The number of fused-ring (bicyclic) bond motifs is 4. The van der Waals surface area contributed by atoms with Gasteiger partial charge in [0.15, 0.2) is 5.69 Å². The third kappa shape index (κ3) is 2.29. The largest absolute Gasteiger partial charge is 0.357 e. The lowest BCUT2D eigenvalue weighted by molar-refractivity contribution is 0.0728. The number of para-hydroxylation sites is 1. The molecule has 0 radical (unpaired) electrons. The number of aromatic amines is 2. The average molecular weight is 355 g/mol. The van der Waals surface area contributed by atoms with Crippen LogP contribution in [0.3, 0.4) is 0 Å². The first kappa shape index (κ1) is 15.0. The molecule has 25 heavy (non-hydrogen) atoms. The number of nitrogens with zero attached hydrogens (tertiary/aromatic N) is 2. The molecule has 0 unspecified atom stereocenters. The lowest BCUT2D eigenvalue weighted by Crippen LogP contribution is -2.36. The summed E-state index contributed by atoms with van der Waals surface area (Å²) < 4.78 is 0. The smallest absolute Gasteiger partial charge is 0.274 e. The minimum atomic E-state index is 0.0430. The van der Waals surface area contributed by atoms with E-state index in [2.05, 4.69) is 21.2 Å². The first-order valence-electron chi connectivity index (χ1n) is 8.85. The Bertz CT molecular complexity index is 987. The van der Waals surface area contributed by atoms with E-state index in [0.717, 1.165) is 52.9 Å². The minimum Gasteiger partial charge on any atom is -0.357 e. The predicted molar refractivity (Wildman–Crippen MR) is 97.0 cm³/mol. The van der Waals surface area contributed by atoms with Gasteiger partial charge in [-0.05, 0) is 31.7 Å². The van der Waals surface area contributed by atoms with Crippen LogP contribution in [0, 0.1) is 0 Å². The van der Waals surface area contributed by atoms with E-state index < -0.39 is 0 Å². The number of H-pyrrole nitrogens is 2. The van der Waals surface area contributed by atoms with Crippen LogP contribution in [-0.2, 0) is 25.8 Å². The molecule has 0 fully saturated rings. The molecule has 0 spiro atoms. The van der Waals surface area contributed by atoms with Gasteiger partial charge in [-0.2, -0.15) is 5.10 Å². The summed E-state index contributed by atoms with van der Waals surface area (Å²) in [5.74, 6) is 0.0430. The van der Waals surface area contributed by atoms with Gasteiger partial charge in [0.05, 0.1) is 10.5 Å². The molecule has 0 saturated heterocycles. The molecule has 1 aromatic carbocycles. The fraction of sp³-hybridized carbons (Fsp3) is 0.368. The number of hydrogen-bond donors (Lipinski definition) is 2. The van der Waals surface area contributed by atoms with Crippen LogP contribution in [0.25, 0.3) is 10.9 Å². The van der Waals surface area contributed by atoms with E-state index in [1.165, 1.54) is 17.7 Å². The first-order chi connectivity index (χ1) is 12.2. The monoisotopic (exact) mass is 354 g/mol. The van der Waals surface area contributed by atoms with Gasteiger partial charge in [0, 0.05) is 47.4 Å². The van der Waals surface area contributed by atoms with Gasteiger partial charge in [0.25, 0.3) is 5.91 Å². The molecule has 2 aliphatic rings. The molecule has 0 atom stereocenters. The number of halogens is 1. The zero-order valence-electron chi connectivity index (χ0n) is 13.9. The molecule has 3 heterocycles. The Morgan fingerprint density at radius 2 is 2.00 bits per heavy atom. The van der Waals surface area contributed by atoms with Crippen molar-refractivity contribution in [3.8, 4) is 0 Å². The summed E-state index contributed by atoms with van der Waals surface area (Å²) >= 11 is 6.31. The molecule has 1 aliphatic carbocycles. The van der Waals surface area contributed by atoms with E-state index in [9.17, 15) is 4.79 Å². The van der Waals surface area contributed by atoms with E-state index in [1.54, 1.807) is 0 Å². The number of aryl methyl sites for hydroxylation is 1. The summed E-state index contributed by atoms with van der Waals surface area (Å²) in [6, 6.07) is 5.93. The Labute approximate surface area is 150 Å². The Morgan fingerprint density at radius 3 is 2.92 bits per heavy atom. The Balaban J connectivity index is 1.49. The first-order valence-corrected chi connectivity index (χ1v) is 9.23. The molecule has 1 aliphatic heterocycles. The Morgan fingerprint density at radius 1 is 1.12 bits per heavy atom. The fourth-order valence-corrected chi connectivity index (χ4v) is 4.40. The molecule has 0 saturated carbocycles. The molecular formula is C19H19ClN4O. The maximum absolute atomic E-state index is 13.1. The second-order valence-electron chi connectivity index (χ2n) is 6.96. The number of aromatic nitrogens is 3. The summed E-state index contributed by atoms with van der Waals surface area (Å²) in [7, 11) is 0. The van der Waals surface area contributed by atoms with Crippen molar-refractivity contribution in [2.45, 2.75) is 38.6 Å². The Hall–Kier alpha value is -2.27. The second-order valence-corrected chi connectivity index (χ2v) is 7.36. The van der Waals surface area contributed by atoms with Crippen molar-refractivity contribution in [3.63, 3.8) is 0 Å². The van der Waals surface area contributed by atoms with Crippen LogP contribution in [0.4, 0.5) is 0 Å². The van der Waals surface area contributed by atoms with Crippen molar-refractivity contribution in [2.24, 2.45) is 0 Å². The molecule has 6 heteroatoms. The molecular weight excluding hydrogens is 336 g/mol. The van der Waals surface area contributed by atoms with Crippen molar-refractivity contribution in [3.05, 3.63) is 51.4 Å². The molecule has 1 amide bonds. The summed E-state index contributed by atoms with van der Waals surface area (Å²) in [5.41, 5.74) is 6.24. The zero-order valence-corrected chi connectivity index (χ0v) is 14.6. The van der Waals surface area contributed by atoms with Crippen LogP contribution in [0.1, 0.15) is 45.8 Å². The number of nitrogens with one attached hydrogen (secondary N) is 2. The third-order valence-corrected chi connectivity index (χ3v) is 5.82. The summed E-state index contributed by atoms with van der Waals surface area (Å²) in [6.07, 6.45) is 5.08. The number of carbonyl (C=O) groups is 1. The maximum Gasteiger partial charge on any atom is 0.274 e. The topological polar surface area (TPSA) is 64.8 Å². The van der Waals surface area contributed by atoms with Crippen LogP contribution >= 0.6 is 11.6 Å². The van der Waals surface area contributed by atoms with Gasteiger partial charge in [-0.3, -0.25) is 9.89 Å². The molecule has 5 nitrogen and oxygen atoms in total. The number of rotatable bonds is 1. The Kier molecular flexibility index (Phi) is 3.38. The number of benzene rings is 1. The molecule has 0 bridgehead atoms. The van der Waals surface area contributed by atoms with Gasteiger partial charge in [0.1, 0.15) is 0 Å². The molecule has 2 aromatic heterocycles. The summed E-state index contributed by atoms with van der Waals surface area (Å²) in [4.78, 5) is 18.4.